The van der Waals surface area contributed by atoms with Gasteiger partial charge in [-0.1, -0.05) is 125 Å². The predicted molar refractivity (Wildman–Crippen MR) is 329 cm³/mol. The first-order valence-corrected chi connectivity index (χ1v) is 26.4. The summed E-state index contributed by atoms with van der Waals surface area (Å²) in [5, 5.41) is 17.2. The van der Waals surface area contributed by atoms with Crippen LogP contribution in [0.3, 0.4) is 0 Å². The highest BCUT2D eigenvalue weighted by Gasteiger charge is 2.30. The summed E-state index contributed by atoms with van der Waals surface area (Å²) in [6, 6.07) is 0. The fourth-order valence-corrected chi connectivity index (χ4v) is 1.39. The zero-order chi connectivity index (χ0) is 60.7. The smallest absolute Gasteiger partial charge is 0.300 e. The van der Waals surface area contributed by atoms with Crippen molar-refractivity contribution in [3.8, 4) is 12.3 Å². The van der Waals surface area contributed by atoms with E-state index in [2.05, 4.69) is 164 Å². The lowest BCUT2D eigenvalue weighted by Crippen LogP contribution is -2.38. The lowest BCUT2D eigenvalue weighted by atomic mass is 9.86. The molecule has 2 heterocycles. The Morgan fingerprint density at radius 1 is 0.887 bits per heavy atom. The molecule has 2 saturated heterocycles. The third-order valence-corrected chi connectivity index (χ3v) is 5.34. The third kappa shape index (κ3) is 540. The van der Waals surface area contributed by atoms with Gasteiger partial charge in [0.15, 0.2) is 0 Å². The van der Waals surface area contributed by atoms with E-state index in [-0.39, 0.29) is 0 Å². The number of aliphatic hydroxyl groups excluding tert-OH is 1. The molecule has 0 amide bonds. The van der Waals surface area contributed by atoms with Gasteiger partial charge in [-0.05, 0) is 141 Å². The fraction of sp³-hybridized carbons (Fsp3) is 0.655. The van der Waals surface area contributed by atoms with Gasteiger partial charge in [-0.15, -0.1) is 25.5 Å². The third-order valence-electron chi connectivity index (χ3n) is 5.16. The molecule has 0 bridgehead atoms. The zero-order valence-corrected chi connectivity index (χ0v) is 53.3. The molecule has 1 unspecified atom stereocenters. The van der Waals surface area contributed by atoms with Crippen LogP contribution in [0.1, 0.15) is 164 Å². The number of isocyanates is 1. The topological polar surface area (TPSA) is 201 Å². The van der Waals surface area contributed by atoms with E-state index in [1.807, 2.05) is 67.5 Å². The maximum Gasteiger partial charge on any atom is 0.300 e. The summed E-state index contributed by atoms with van der Waals surface area (Å²) < 4.78 is 35.6. The van der Waals surface area contributed by atoms with Gasteiger partial charge in [0.05, 0.1) is 37.3 Å². The highest BCUT2D eigenvalue weighted by atomic mass is 35.5. The normalized spacial score (nSPS) is 11.7. The number of hydrogen-bond donors (Lipinski definition) is 5. The molecule has 71 heavy (non-hydrogen) atoms. The number of thiol groups is 1. The van der Waals surface area contributed by atoms with Crippen LogP contribution in [0.4, 0.5) is 0 Å². The molecule has 0 aromatic carbocycles. The number of isothiocyanates is 1. The molecule has 3 aliphatic rings. The molecule has 2 aliphatic heterocycles. The maximum atomic E-state index is 9.19. The van der Waals surface area contributed by atoms with Crippen molar-refractivity contribution in [3.63, 3.8) is 0 Å². The van der Waals surface area contributed by atoms with Crippen LogP contribution in [0, 0.1) is 23.7 Å². The molecule has 5 N–H and O–H groups in total. The Hall–Kier alpha value is -3.22. The van der Waals surface area contributed by atoms with Gasteiger partial charge in [-0.25, -0.2) is 14.8 Å². The van der Waals surface area contributed by atoms with E-state index in [1.165, 1.54) is 50.6 Å². The molecule has 3 fully saturated rings. The molecule has 0 aromatic rings. The summed E-state index contributed by atoms with van der Waals surface area (Å²) in [7, 11) is 1.81. The highest BCUT2D eigenvalue weighted by Crippen LogP contribution is 2.29. The Kier molecular flexibility index (Phi) is 178. The number of thiocarbonyl (C=S) groups is 1. The van der Waals surface area contributed by atoms with Crippen molar-refractivity contribution in [2.75, 3.05) is 60.6 Å². The molecule has 12 nitrogen and oxygen atoms in total. The van der Waals surface area contributed by atoms with Crippen LogP contribution in [0.25, 0.3) is 0 Å². The van der Waals surface area contributed by atoms with Gasteiger partial charge in [0.2, 0.25) is 6.08 Å². The lowest BCUT2D eigenvalue weighted by Gasteiger charge is -2.36. The minimum atomic E-state index is -3.67. The van der Waals surface area contributed by atoms with Crippen LogP contribution in [-0.4, -0.2) is 107 Å². The second kappa shape index (κ2) is 117. The second-order valence-corrected chi connectivity index (χ2v) is 16.2. The first-order valence-electron chi connectivity index (χ1n) is 22.9. The fourth-order valence-electron chi connectivity index (χ4n) is 1.39. The number of carbonyl (C=O) groups excluding carboxylic acids is 1. The van der Waals surface area contributed by atoms with E-state index in [4.69, 9.17) is 45.4 Å². The van der Waals surface area contributed by atoms with E-state index in [0.717, 1.165) is 52.6 Å². The summed E-state index contributed by atoms with van der Waals surface area (Å²) >= 11 is 12.7. The number of carboxylic acid groups (broad SMARTS) is 1. The first kappa shape index (κ1) is 109. The Labute approximate surface area is 457 Å². The number of aliphatic imine (C=N–C) groups is 2. The monoisotopic (exact) mass is 1090 g/mol. The van der Waals surface area contributed by atoms with Crippen LogP contribution >= 0.6 is 36.4 Å². The molecular formula is C55H114ClN3O9S3. The minimum absolute atomic E-state index is 0.542. The number of carbonyl (C=O) groups is 1. The number of terminal acetylenes is 1. The number of nitrogens with zero attached hydrogens (tertiary/aromatic N) is 2. The number of halogens is 1. The summed E-state index contributed by atoms with van der Waals surface area (Å²) in [6.07, 6.45) is 31.6. The van der Waals surface area contributed by atoms with Crippen molar-refractivity contribution in [3.05, 3.63) is 84.5 Å². The van der Waals surface area contributed by atoms with Crippen LogP contribution in [-0.2, 0) is 29.2 Å². The van der Waals surface area contributed by atoms with Crippen LogP contribution in [0.2, 0.25) is 0 Å². The van der Waals surface area contributed by atoms with Crippen molar-refractivity contribution in [2.24, 2.45) is 27.1 Å². The predicted octanol–water partition coefficient (Wildman–Crippen LogP) is 15.9. The van der Waals surface area contributed by atoms with Gasteiger partial charge in [-0.2, -0.15) is 21.0 Å². The highest BCUT2D eigenvalue weighted by molar-refractivity contribution is 7.85. The average molecular weight is 1090 g/mol. The van der Waals surface area contributed by atoms with E-state index in [1.54, 1.807) is 33.2 Å². The van der Waals surface area contributed by atoms with Crippen LogP contribution in [0.15, 0.2) is 94.5 Å². The van der Waals surface area contributed by atoms with E-state index in [0.29, 0.717) is 22.8 Å². The van der Waals surface area contributed by atoms with Gasteiger partial charge < -0.3 is 25.4 Å². The molecule has 0 aromatic heterocycles. The van der Waals surface area contributed by atoms with Crippen molar-refractivity contribution in [1.82, 2.24) is 0 Å². The zero-order valence-electron chi connectivity index (χ0n) is 50.0. The van der Waals surface area contributed by atoms with Crippen molar-refractivity contribution in [1.29, 1.82) is 0 Å². The standard InChI is InChI=1S/C6H12O.3C5H10.3C4H8.C3H5Cl.C3H6O.C3H6.C3H4.C2H3NO.C2H3NS.C2H4O2.CH5N.CH4O3S.CH4O.CH4S/c1-3-6(2)4-7-5-6;1-4-5(2)3;2*1-3-5-4-2;1-4-2-3-4;1-4(2)3;1-3-4-2;1-3(2)4;1-3-2-4-3;2*1-3-2;2*1-3-2-4;1-2(3)4;1-2;1-5(2,3)4;2*1-2/h3-5H2,1-2H3;4H,1-3H3;2*3,5H,4H2,1-2H3;4H,2-3H2,1H3;1H2,2-3H3;3-4H,1-2H3;1H2,2H3;3H,2H2,1H3;3H,1H2,2H3;1H,2H3;2*1H3;1H3,(H,3,4);2H2,1H3;1H3,(H,2,3,4);2*2H,1H3/b;;2*5-3+;;;4-3+;;;;;;;;;;;. The SMILES string of the molecule is C#CC.C/C=C/C.C/C=C/CC.C/C=C/CC.C=C(C)C.C=C(C)Cl.C=CC.CC(=O)O.CC1CC1.CC1CO1.CC=C(C)C.CCC1(C)COC1.CN.CN=C=O.CN=C=S.CO.CS.CS(=O)(=O)O. The van der Waals surface area contributed by atoms with Crippen molar-refractivity contribution in [2.45, 2.75) is 170 Å². The Morgan fingerprint density at radius 3 is 1.07 bits per heavy atom. The van der Waals surface area contributed by atoms with Gasteiger partial charge in [-0.3, -0.25) is 9.35 Å². The number of aliphatic carboxylic acids is 1. The number of nitrogens with two attached hydrogens (primary N) is 1. The second-order valence-electron chi connectivity index (χ2n) is 13.9. The van der Waals surface area contributed by atoms with Crippen LogP contribution in [0.5, 0.6) is 0 Å². The Morgan fingerprint density at radius 2 is 1.07 bits per heavy atom. The van der Waals surface area contributed by atoms with Crippen LogP contribution < -0.4 is 5.73 Å². The van der Waals surface area contributed by atoms with Gasteiger partial charge >= 0.3 is 0 Å². The first-order chi connectivity index (χ1) is 32.9. The van der Waals surface area contributed by atoms with Gasteiger partial charge in [0.25, 0.3) is 16.1 Å². The molecule has 0 radical (unpaired) electrons. The molecule has 1 atom stereocenters. The quantitative estimate of drug-likeness (QED) is 0.0263. The number of epoxide rings is 1. The lowest BCUT2D eigenvalue weighted by molar-refractivity contribution is -0.134. The van der Waals surface area contributed by atoms with Gasteiger partial charge in [0.1, 0.15) is 0 Å². The maximum absolute atomic E-state index is 9.19. The average Bonchev–Trinajstić information content (AvgIpc) is 4.25. The number of hydrogen-bond acceptors (Lipinski definition) is 12. The molecule has 428 valence electrons. The van der Waals surface area contributed by atoms with Gasteiger partial charge in [0, 0.05) is 38.6 Å². The molecule has 16 heteroatoms. The largest absolute Gasteiger partial charge is 0.481 e. The summed E-state index contributed by atoms with van der Waals surface area (Å²) in [4.78, 5) is 24.1. The summed E-state index contributed by atoms with van der Waals surface area (Å²) in [5.41, 5.74) is 7.59. The minimum Gasteiger partial charge on any atom is -0.481 e. The van der Waals surface area contributed by atoms with E-state index >= 15 is 0 Å². The number of carboxylic acids is 1. The number of aliphatic hydroxyl groups is 1. The Balaban J connectivity index is -0.0000000363. The molecule has 1 saturated carbocycles. The van der Waals surface area contributed by atoms with E-state index < -0.39 is 16.1 Å². The molecular weight excluding hydrogens is 978 g/mol. The summed E-state index contributed by atoms with van der Waals surface area (Å²) in [6.45, 7) is 50.8. The molecule has 3 rings (SSSR count). The van der Waals surface area contributed by atoms with Crippen molar-refractivity contribution < 1.29 is 42.2 Å². The number of rotatable bonds is 3. The Bertz CT molecular complexity index is 1260. The number of ether oxygens (including phenoxy) is 2. The molecule has 1 aliphatic carbocycles. The van der Waals surface area contributed by atoms with E-state index in [9.17, 15) is 8.42 Å². The summed E-state index contributed by atoms with van der Waals surface area (Å²) in [5.74, 6) is 2.50. The molecule has 0 spiro atoms. The van der Waals surface area contributed by atoms with Crippen molar-refractivity contribution >= 4 is 63.8 Å². The number of allylic oxidation sites excluding steroid dienone is 11.